The van der Waals surface area contributed by atoms with E-state index in [1.165, 1.54) is 6.07 Å². The highest BCUT2D eigenvalue weighted by Crippen LogP contribution is 2.13. The number of hydrogen-bond donors (Lipinski definition) is 1. The van der Waals surface area contributed by atoms with Gasteiger partial charge < -0.3 is 10.5 Å². The molecule has 88 valence electrons. The monoisotopic (exact) mass is 224 g/mol. The van der Waals surface area contributed by atoms with Crippen molar-refractivity contribution in [1.29, 1.82) is 0 Å². The van der Waals surface area contributed by atoms with Crippen LogP contribution in [0.1, 0.15) is 11.1 Å². The number of morpholine rings is 1. The Morgan fingerprint density at radius 1 is 1.31 bits per heavy atom. The highest BCUT2D eigenvalue weighted by molar-refractivity contribution is 5.24. The predicted octanol–water partition coefficient (Wildman–Crippen LogP) is 1.12. The summed E-state index contributed by atoms with van der Waals surface area (Å²) in [6.45, 7) is 4.26. The van der Waals surface area contributed by atoms with Crippen molar-refractivity contribution in [2.24, 2.45) is 5.73 Å². The lowest BCUT2D eigenvalue weighted by Gasteiger charge is -2.26. The molecule has 1 heterocycles. The Kier molecular flexibility index (Phi) is 3.88. The van der Waals surface area contributed by atoms with Gasteiger partial charge in [0.05, 0.1) is 13.2 Å². The molecule has 0 atom stereocenters. The first-order valence-electron chi connectivity index (χ1n) is 5.57. The van der Waals surface area contributed by atoms with Crippen LogP contribution >= 0.6 is 0 Å². The molecule has 0 aliphatic carbocycles. The summed E-state index contributed by atoms with van der Waals surface area (Å²) in [6.07, 6.45) is 0. The SMILES string of the molecule is NCc1ccc(CN2CCOCC2)c(F)c1. The Hall–Kier alpha value is -0.970. The fraction of sp³-hybridized carbons (Fsp3) is 0.500. The minimum atomic E-state index is -0.158. The van der Waals surface area contributed by atoms with Crippen molar-refractivity contribution in [3.63, 3.8) is 0 Å². The number of ether oxygens (including phenoxy) is 1. The summed E-state index contributed by atoms with van der Waals surface area (Å²) in [5.74, 6) is -0.158. The van der Waals surface area contributed by atoms with E-state index in [0.717, 1.165) is 37.4 Å². The molecule has 0 amide bonds. The van der Waals surface area contributed by atoms with Gasteiger partial charge >= 0.3 is 0 Å². The maximum atomic E-state index is 13.7. The van der Waals surface area contributed by atoms with E-state index in [1.54, 1.807) is 0 Å². The van der Waals surface area contributed by atoms with Crippen LogP contribution in [0.15, 0.2) is 18.2 Å². The van der Waals surface area contributed by atoms with E-state index < -0.39 is 0 Å². The first-order chi connectivity index (χ1) is 7.79. The molecule has 0 radical (unpaired) electrons. The zero-order valence-corrected chi connectivity index (χ0v) is 9.29. The van der Waals surface area contributed by atoms with Crippen molar-refractivity contribution in [2.75, 3.05) is 26.3 Å². The molecule has 1 saturated heterocycles. The van der Waals surface area contributed by atoms with Gasteiger partial charge in [-0.1, -0.05) is 12.1 Å². The predicted molar refractivity (Wildman–Crippen MR) is 60.4 cm³/mol. The second-order valence-electron chi connectivity index (χ2n) is 4.02. The Bertz CT molecular complexity index is 351. The quantitative estimate of drug-likeness (QED) is 0.836. The number of nitrogens with two attached hydrogens (primary N) is 1. The second kappa shape index (κ2) is 5.39. The normalized spacial score (nSPS) is 17.6. The number of benzene rings is 1. The molecule has 1 aromatic carbocycles. The van der Waals surface area contributed by atoms with Crippen LogP contribution in [0.25, 0.3) is 0 Å². The summed E-state index contributed by atoms with van der Waals surface area (Å²) >= 11 is 0. The van der Waals surface area contributed by atoms with Crippen LogP contribution in [0.5, 0.6) is 0 Å². The summed E-state index contributed by atoms with van der Waals surface area (Å²) in [5, 5.41) is 0. The highest BCUT2D eigenvalue weighted by atomic mass is 19.1. The van der Waals surface area contributed by atoms with Gasteiger partial charge in [0.15, 0.2) is 0 Å². The van der Waals surface area contributed by atoms with Crippen LogP contribution in [0.3, 0.4) is 0 Å². The maximum Gasteiger partial charge on any atom is 0.128 e. The van der Waals surface area contributed by atoms with Gasteiger partial charge in [0.1, 0.15) is 5.82 Å². The summed E-state index contributed by atoms with van der Waals surface area (Å²) in [4.78, 5) is 2.20. The third-order valence-electron chi connectivity index (χ3n) is 2.85. The standard InChI is InChI=1S/C12H17FN2O/c13-12-7-10(8-14)1-2-11(12)9-15-3-5-16-6-4-15/h1-2,7H,3-6,8-9,14H2. The van der Waals surface area contributed by atoms with Crippen LogP contribution in [0, 0.1) is 5.82 Å². The van der Waals surface area contributed by atoms with E-state index in [9.17, 15) is 4.39 Å². The molecule has 1 aliphatic rings. The molecule has 1 aliphatic heterocycles. The average molecular weight is 224 g/mol. The van der Waals surface area contributed by atoms with Gasteiger partial charge in [-0.2, -0.15) is 0 Å². The molecule has 2 rings (SSSR count). The number of halogens is 1. The minimum absolute atomic E-state index is 0.158. The fourth-order valence-corrected chi connectivity index (χ4v) is 1.85. The van der Waals surface area contributed by atoms with Crippen LogP contribution in [-0.2, 0) is 17.8 Å². The number of nitrogens with zero attached hydrogens (tertiary/aromatic N) is 1. The summed E-state index contributed by atoms with van der Waals surface area (Å²) < 4.78 is 18.9. The third kappa shape index (κ3) is 2.78. The maximum absolute atomic E-state index is 13.7. The summed E-state index contributed by atoms with van der Waals surface area (Å²) in [6, 6.07) is 5.24. The zero-order valence-electron chi connectivity index (χ0n) is 9.29. The molecule has 0 aromatic heterocycles. The van der Waals surface area contributed by atoms with Crippen molar-refractivity contribution >= 4 is 0 Å². The smallest absolute Gasteiger partial charge is 0.128 e. The van der Waals surface area contributed by atoms with Crippen LogP contribution in [0.2, 0.25) is 0 Å². The first-order valence-corrected chi connectivity index (χ1v) is 5.57. The van der Waals surface area contributed by atoms with Crippen molar-refractivity contribution in [2.45, 2.75) is 13.1 Å². The molecular formula is C12H17FN2O. The van der Waals surface area contributed by atoms with E-state index in [0.29, 0.717) is 13.1 Å². The molecule has 0 unspecified atom stereocenters. The lowest BCUT2D eigenvalue weighted by atomic mass is 10.1. The van der Waals surface area contributed by atoms with E-state index in [4.69, 9.17) is 10.5 Å². The Labute approximate surface area is 95.0 Å². The van der Waals surface area contributed by atoms with Crippen LogP contribution in [0.4, 0.5) is 4.39 Å². The molecule has 0 saturated carbocycles. The largest absolute Gasteiger partial charge is 0.379 e. The minimum Gasteiger partial charge on any atom is -0.379 e. The van der Waals surface area contributed by atoms with Gasteiger partial charge in [0.2, 0.25) is 0 Å². The second-order valence-corrected chi connectivity index (χ2v) is 4.02. The number of rotatable bonds is 3. The van der Waals surface area contributed by atoms with Gasteiger partial charge in [0, 0.05) is 31.7 Å². The van der Waals surface area contributed by atoms with Crippen molar-refractivity contribution < 1.29 is 9.13 Å². The van der Waals surface area contributed by atoms with Crippen molar-refractivity contribution in [3.05, 3.63) is 35.1 Å². The van der Waals surface area contributed by atoms with E-state index in [1.807, 2.05) is 12.1 Å². The van der Waals surface area contributed by atoms with Gasteiger partial charge in [-0.3, -0.25) is 4.90 Å². The Morgan fingerprint density at radius 3 is 2.69 bits per heavy atom. The van der Waals surface area contributed by atoms with E-state index in [-0.39, 0.29) is 5.82 Å². The van der Waals surface area contributed by atoms with Crippen LogP contribution in [-0.4, -0.2) is 31.2 Å². The lowest BCUT2D eigenvalue weighted by Crippen LogP contribution is -2.35. The topological polar surface area (TPSA) is 38.5 Å². The molecule has 3 nitrogen and oxygen atoms in total. The van der Waals surface area contributed by atoms with Crippen LogP contribution < -0.4 is 5.73 Å². The molecule has 0 bridgehead atoms. The Morgan fingerprint density at radius 2 is 2.06 bits per heavy atom. The van der Waals surface area contributed by atoms with Crippen molar-refractivity contribution in [3.8, 4) is 0 Å². The van der Waals surface area contributed by atoms with Gasteiger partial charge in [-0.05, 0) is 11.6 Å². The zero-order chi connectivity index (χ0) is 11.4. The third-order valence-corrected chi connectivity index (χ3v) is 2.85. The average Bonchev–Trinajstić information content (AvgIpc) is 2.33. The molecule has 16 heavy (non-hydrogen) atoms. The molecule has 2 N–H and O–H groups in total. The molecule has 4 heteroatoms. The summed E-state index contributed by atoms with van der Waals surface area (Å²) in [7, 11) is 0. The van der Waals surface area contributed by atoms with Crippen molar-refractivity contribution in [1.82, 2.24) is 4.90 Å². The Balaban J connectivity index is 2.03. The molecule has 1 aromatic rings. The molecule has 0 spiro atoms. The molecular weight excluding hydrogens is 207 g/mol. The highest BCUT2D eigenvalue weighted by Gasteiger charge is 2.12. The van der Waals surface area contributed by atoms with Gasteiger partial charge in [-0.15, -0.1) is 0 Å². The van der Waals surface area contributed by atoms with Gasteiger partial charge in [-0.25, -0.2) is 4.39 Å². The number of hydrogen-bond acceptors (Lipinski definition) is 3. The van der Waals surface area contributed by atoms with E-state index in [2.05, 4.69) is 4.90 Å². The fourth-order valence-electron chi connectivity index (χ4n) is 1.85. The van der Waals surface area contributed by atoms with E-state index >= 15 is 0 Å². The summed E-state index contributed by atoms with van der Waals surface area (Å²) in [5.41, 5.74) is 7.03. The first kappa shape index (κ1) is 11.5. The molecule has 1 fully saturated rings. The lowest BCUT2D eigenvalue weighted by molar-refractivity contribution is 0.0337. The van der Waals surface area contributed by atoms with Gasteiger partial charge in [0.25, 0.3) is 0 Å².